The first-order chi connectivity index (χ1) is 13.7. The van der Waals surface area contributed by atoms with Gasteiger partial charge in [-0.3, -0.25) is 14.9 Å². The van der Waals surface area contributed by atoms with E-state index in [9.17, 15) is 23.3 Å². The quantitative estimate of drug-likeness (QED) is 0.376. The number of esters is 1. The molecule has 2 aromatic carbocycles. The molecule has 1 N–H and O–H groups in total. The molecule has 0 atom stereocenters. The molecule has 2 aromatic rings. The van der Waals surface area contributed by atoms with Gasteiger partial charge in [0.25, 0.3) is 5.69 Å². The summed E-state index contributed by atoms with van der Waals surface area (Å²) in [4.78, 5) is 23.5. The molecule has 0 unspecified atom stereocenters. The van der Waals surface area contributed by atoms with E-state index in [0.717, 1.165) is 11.6 Å². The van der Waals surface area contributed by atoms with Crippen molar-refractivity contribution >= 4 is 33.4 Å². The third-order valence-electron chi connectivity index (χ3n) is 3.79. The van der Waals surface area contributed by atoms with Gasteiger partial charge in [0.1, 0.15) is 18.8 Å². The smallest absolute Gasteiger partial charge is 0.321 e. The summed E-state index contributed by atoms with van der Waals surface area (Å²) in [7, 11) is -0.903. The molecular formula is C19H21N3O6S. The van der Waals surface area contributed by atoms with Gasteiger partial charge in [-0.2, -0.15) is 4.72 Å². The topological polar surface area (TPSA) is 119 Å². The lowest BCUT2D eigenvalue weighted by atomic mass is 10.2. The lowest BCUT2D eigenvalue weighted by molar-refractivity contribution is -0.384. The minimum absolute atomic E-state index is 0.0154. The Morgan fingerprint density at radius 1 is 1.21 bits per heavy atom. The van der Waals surface area contributed by atoms with Crippen LogP contribution in [0.1, 0.15) is 5.56 Å². The summed E-state index contributed by atoms with van der Waals surface area (Å²) < 4.78 is 31.7. The average Bonchev–Trinajstić information content (AvgIpc) is 2.70. The van der Waals surface area contributed by atoms with Crippen LogP contribution in [0.5, 0.6) is 0 Å². The maximum atomic E-state index is 12.3. The van der Waals surface area contributed by atoms with E-state index < -0.39 is 27.5 Å². The number of nitrogens with zero attached hydrogens (tertiary/aromatic N) is 2. The number of nitro benzene ring substituents is 1. The van der Waals surface area contributed by atoms with Crippen LogP contribution in [0.4, 0.5) is 11.4 Å². The summed E-state index contributed by atoms with van der Waals surface area (Å²) in [6.45, 7) is -0.608. The Balaban J connectivity index is 1.95. The van der Waals surface area contributed by atoms with Gasteiger partial charge in [-0.25, -0.2) is 8.42 Å². The lowest BCUT2D eigenvalue weighted by Gasteiger charge is -2.13. The second-order valence-corrected chi connectivity index (χ2v) is 7.89. The fraction of sp³-hybridized carbons (Fsp3) is 0.211. The van der Waals surface area contributed by atoms with E-state index in [1.807, 2.05) is 30.3 Å². The molecule has 0 aliphatic carbocycles. The molecule has 154 valence electrons. The Morgan fingerprint density at radius 2 is 1.90 bits per heavy atom. The molecule has 0 saturated carbocycles. The number of nitrogens with one attached hydrogen (secondary N) is 1. The van der Waals surface area contributed by atoms with Crippen LogP contribution in [0.2, 0.25) is 0 Å². The summed E-state index contributed by atoms with van der Waals surface area (Å²) in [5.41, 5.74) is 0.845. The van der Waals surface area contributed by atoms with Gasteiger partial charge in [-0.05, 0) is 23.8 Å². The van der Waals surface area contributed by atoms with Crippen molar-refractivity contribution in [1.29, 1.82) is 0 Å². The van der Waals surface area contributed by atoms with E-state index in [1.165, 1.54) is 17.0 Å². The molecule has 0 spiro atoms. The zero-order valence-corrected chi connectivity index (χ0v) is 16.8. The minimum Gasteiger partial charge on any atom is -0.460 e. The first-order valence-corrected chi connectivity index (χ1v) is 10.0. The number of nitro groups is 1. The fourth-order valence-corrected chi connectivity index (χ4v) is 3.36. The number of anilines is 1. The number of ether oxygens (including phenoxy) is 1. The van der Waals surface area contributed by atoms with Gasteiger partial charge in [-0.1, -0.05) is 36.4 Å². The first-order valence-electron chi connectivity index (χ1n) is 8.53. The lowest BCUT2D eigenvalue weighted by Crippen LogP contribution is -2.30. The Labute approximate surface area is 168 Å². The van der Waals surface area contributed by atoms with Crippen molar-refractivity contribution in [2.45, 2.75) is 4.90 Å². The molecule has 2 rings (SSSR count). The van der Waals surface area contributed by atoms with Crippen LogP contribution < -0.4 is 9.62 Å². The standard InChI is InChI=1S/C19H21N3O6S/c1-21(2)17-11-10-16(13-18(17)22(24)25)29(26,27)20-14-19(23)28-12-6-9-15-7-4-3-5-8-15/h3-11,13,20H,12,14H2,1-2H3/b9-6+. The molecule has 0 radical (unpaired) electrons. The van der Waals surface area contributed by atoms with Crippen LogP contribution >= 0.6 is 0 Å². The number of hydrogen-bond acceptors (Lipinski definition) is 7. The van der Waals surface area contributed by atoms with Gasteiger partial charge < -0.3 is 9.64 Å². The molecule has 10 heteroatoms. The van der Waals surface area contributed by atoms with Gasteiger partial charge in [-0.15, -0.1) is 0 Å². The van der Waals surface area contributed by atoms with Crippen LogP contribution in [0.3, 0.4) is 0 Å². The molecule has 0 aliphatic heterocycles. The van der Waals surface area contributed by atoms with Crippen LogP contribution in [-0.2, 0) is 19.6 Å². The first kappa shape index (κ1) is 22.1. The molecule has 0 bridgehead atoms. The number of rotatable bonds is 9. The largest absolute Gasteiger partial charge is 0.460 e. The van der Waals surface area contributed by atoms with Crippen molar-refractivity contribution in [3.63, 3.8) is 0 Å². The fourth-order valence-electron chi connectivity index (χ4n) is 2.37. The molecule has 0 amide bonds. The maximum Gasteiger partial charge on any atom is 0.321 e. The van der Waals surface area contributed by atoms with E-state index in [-0.39, 0.29) is 22.9 Å². The number of sulfonamides is 1. The van der Waals surface area contributed by atoms with Crippen LogP contribution in [0.25, 0.3) is 6.08 Å². The number of carbonyl (C=O) groups is 1. The summed E-state index contributed by atoms with van der Waals surface area (Å²) in [6.07, 6.45) is 3.40. The van der Waals surface area contributed by atoms with E-state index >= 15 is 0 Å². The van der Waals surface area contributed by atoms with E-state index in [1.54, 1.807) is 26.2 Å². The minimum atomic E-state index is -4.12. The molecule has 0 saturated heterocycles. The highest BCUT2D eigenvalue weighted by Crippen LogP contribution is 2.29. The van der Waals surface area contributed by atoms with Gasteiger partial charge in [0.2, 0.25) is 10.0 Å². The zero-order valence-electron chi connectivity index (χ0n) is 15.9. The van der Waals surface area contributed by atoms with Crippen LogP contribution in [-0.4, -0.2) is 46.6 Å². The Kier molecular flexibility index (Phi) is 7.46. The summed E-state index contributed by atoms with van der Waals surface area (Å²) in [6, 6.07) is 12.9. The average molecular weight is 419 g/mol. The van der Waals surface area contributed by atoms with Crippen LogP contribution in [0.15, 0.2) is 59.5 Å². The molecule has 0 aromatic heterocycles. The molecule has 0 fully saturated rings. The number of carbonyl (C=O) groups excluding carboxylic acids is 1. The van der Waals surface area contributed by atoms with E-state index in [4.69, 9.17) is 4.74 Å². The third kappa shape index (κ3) is 6.40. The monoisotopic (exact) mass is 419 g/mol. The van der Waals surface area contributed by atoms with Crippen molar-refractivity contribution in [1.82, 2.24) is 4.72 Å². The normalized spacial score (nSPS) is 11.4. The van der Waals surface area contributed by atoms with Gasteiger partial charge in [0, 0.05) is 20.2 Å². The Bertz CT molecular complexity index is 1000. The van der Waals surface area contributed by atoms with E-state index in [0.29, 0.717) is 0 Å². The van der Waals surface area contributed by atoms with Crippen molar-refractivity contribution in [2.75, 3.05) is 32.1 Å². The van der Waals surface area contributed by atoms with E-state index in [2.05, 4.69) is 4.72 Å². The highest BCUT2D eigenvalue weighted by Gasteiger charge is 2.23. The van der Waals surface area contributed by atoms with Crippen molar-refractivity contribution < 1.29 is 22.9 Å². The second-order valence-electron chi connectivity index (χ2n) is 6.12. The molecule has 9 nitrogen and oxygen atoms in total. The molecular weight excluding hydrogens is 398 g/mol. The summed E-state index contributed by atoms with van der Waals surface area (Å²) in [5.74, 6) is -0.773. The van der Waals surface area contributed by atoms with Crippen molar-refractivity contribution in [3.05, 3.63) is 70.3 Å². The summed E-state index contributed by atoms with van der Waals surface area (Å²) >= 11 is 0. The Hall–Kier alpha value is -3.24. The maximum absolute atomic E-state index is 12.3. The van der Waals surface area contributed by atoms with Crippen molar-refractivity contribution in [3.8, 4) is 0 Å². The van der Waals surface area contributed by atoms with Crippen LogP contribution in [0, 0.1) is 10.1 Å². The summed E-state index contributed by atoms with van der Waals surface area (Å²) in [5, 5.41) is 11.2. The van der Waals surface area contributed by atoms with Gasteiger partial charge >= 0.3 is 5.97 Å². The highest BCUT2D eigenvalue weighted by molar-refractivity contribution is 7.89. The zero-order chi connectivity index (χ0) is 21.4. The number of hydrogen-bond donors (Lipinski definition) is 1. The molecule has 0 heterocycles. The molecule has 0 aliphatic rings. The van der Waals surface area contributed by atoms with Crippen molar-refractivity contribution in [2.24, 2.45) is 0 Å². The van der Waals surface area contributed by atoms with Gasteiger partial charge in [0.15, 0.2) is 0 Å². The van der Waals surface area contributed by atoms with Gasteiger partial charge in [0.05, 0.1) is 9.82 Å². The molecule has 29 heavy (non-hydrogen) atoms. The highest BCUT2D eigenvalue weighted by atomic mass is 32.2. The number of benzene rings is 2. The Morgan fingerprint density at radius 3 is 2.52 bits per heavy atom. The second kappa shape index (κ2) is 9.80. The third-order valence-corrected chi connectivity index (χ3v) is 5.19. The predicted molar refractivity (Wildman–Crippen MR) is 109 cm³/mol. The predicted octanol–water partition coefficient (Wildman–Crippen LogP) is 2.20. The SMILES string of the molecule is CN(C)c1ccc(S(=O)(=O)NCC(=O)OC/C=C/c2ccccc2)cc1[N+](=O)[O-].